The van der Waals surface area contributed by atoms with Gasteiger partial charge in [0.1, 0.15) is 5.82 Å². The molecule has 0 amide bonds. The van der Waals surface area contributed by atoms with Gasteiger partial charge < -0.3 is 10.1 Å². The molecule has 0 aliphatic carbocycles. The summed E-state index contributed by atoms with van der Waals surface area (Å²) in [6, 6.07) is 3.97. The summed E-state index contributed by atoms with van der Waals surface area (Å²) in [5, 5.41) is 0. The number of imidazole rings is 1. The summed E-state index contributed by atoms with van der Waals surface area (Å²) in [6.07, 6.45) is 3.73. The highest BCUT2D eigenvalue weighted by atomic mass is 127. The lowest BCUT2D eigenvalue weighted by Crippen LogP contribution is -1.83. The van der Waals surface area contributed by atoms with Gasteiger partial charge in [-0.15, -0.1) is 0 Å². The molecule has 0 aromatic carbocycles. The minimum absolute atomic E-state index is 0.564. The molecule has 56 valence electrons. The average molecular weight is 259 g/mol. The molecule has 0 bridgehead atoms. The van der Waals surface area contributed by atoms with E-state index >= 15 is 0 Å². The van der Waals surface area contributed by atoms with Crippen LogP contribution in [0.2, 0.25) is 0 Å². The summed E-state index contributed by atoms with van der Waals surface area (Å²) >= 11 is 2.23. The second-order valence-corrected chi connectivity index (χ2v) is 3.41. The van der Waals surface area contributed by atoms with Crippen LogP contribution in [0.15, 0.2) is 24.5 Å². The van der Waals surface area contributed by atoms with E-state index in [9.17, 15) is 0 Å². The maximum atomic E-state index is 5.52. The number of nitrogens with two attached hydrogens (primary N) is 1. The van der Waals surface area contributed by atoms with Crippen LogP contribution in [-0.2, 0) is 0 Å². The molecule has 0 radical (unpaired) electrons. The van der Waals surface area contributed by atoms with E-state index < -0.39 is 0 Å². The highest BCUT2D eigenvalue weighted by molar-refractivity contribution is 14.1. The molecule has 11 heavy (non-hydrogen) atoms. The van der Waals surface area contributed by atoms with Gasteiger partial charge in [0.2, 0.25) is 0 Å². The lowest BCUT2D eigenvalue weighted by Gasteiger charge is -1.92. The topological polar surface area (TPSA) is 43.3 Å². The van der Waals surface area contributed by atoms with Gasteiger partial charge in [0.05, 0.1) is 9.77 Å². The largest absolute Gasteiger partial charge is 0.382 e. The number of anilines is 1. The van der Waals surface area contributed by atoms with Gasteiger partial charge >= 0.3 is 0 Å². The van der Waals surface area contributed by atoms with Crippen LogP contribution in [0, 0.1) is 3.57 Å². The number of nitrogen functional groups attached to an aromatic ring is 1. The summed E-state index contributed by atoms with van der Waals surface area (Å²) in [7, 11) is 0. The first kappa shape index (κ1) is 6.90. The standard InChI is InChI=1S/C7H6IN3/c8-5-2-1-3-11-4-6(9)10-7(5)11/h1-4H,9H2. The minimum Gasteiger partial charge on any atom is -0.382 e. The van der Waals surface area contributed by atoms with Gasteiger partial charge in [0.25, 0.3) is 0 Å². The molecule has 3 nitrogen and oxygen atoms in total. The first-order valence-corrected chi connectivity index (χ1v) is 4.24. The molecule has 0 aliphatic rings. The molecule has 4 heteroatoms. The maximum absolute atomic E-state index is 5.52. The Morgan fingerprint density at radius 1 is 1.55 bits per heavy atom. The maximum Gasteiger partial charge on any atom is 0.152 e. The van der Waals surface area contributed by atoms with Crippen molar-refractivity contribution in [1.82, 2.24) is 9.38 Å². The monoisotopic (exact) mass is 259 g/mol. The van der Waals surface area contributed by atoms with Gasteiger partial charge in [-0.1, -0.05) is 0 Å². The molecule has 2 N–H and O–H groups in total. The SMILES string of the molecule is Nc1cn2cccc(I)c2n1. The van der Waals surface area contributed by atoms with Crippen molar-refractivity contribution in [2.45, 2.75) is 0 Å². The first-order valence-electron chi connectivity index (χ1n) is 3.16. The zero-order chi connectivity index (χ0) is 7.84. The number of nitrogens with zero attached hydrogens (tertiary/aromatic N) is 2. The lowest BCUT2D eigenvalue weighted by atomic mass is 10.5. The number of halogens is 1. The van der Waals surface area contributed by atoms with Crippen molar-refractivity contribution in [3.63, 3.8) is 0 Å². The number of pyridine rings is 1. The van der Waals surface area contributed by atoms with Crippen LogP contribution < -0.4 is 5.73 Å². The summed E-state index contributed by atoms with van der Waals surface area (Å²) < 4.78 is 3.03. The minimum atomic E-state index is 0.564. The summed E-state index contributed by atoms with van der Waals surface area (Å²) in [5.74, 6) is 0.564. The number of hydrogen-bond donors (Lipinski definition) is 1. The van der Waals surface area contributed by atoms with E-state index in [4.69, 9.17) is 5.73 Å². The Hall–Kier alpha value is -0.780. The van der Waals surface area contributed by atoms with Crippen molar-refractivity contribution < 1.29 is 0 Å². The Balaban J connectivity index is 2.90. The highest BCUT2D eigenvalue weighted by Crippen LogP contribution is 2.13. The molecule has 2 aromatic rings. The van der Waals surface area contributed by atoms with Crippen molar-refractivity contribution in [3.8, 4) is 0 Å². The Morgan fingerprint density at radius 3 is 3.09 bits per heavy atom. The fraction of sp³-hybridized carbons (Fsp3) is 0. The zero-order valence-corrected chi connectivity index (χ0v) is 7.82. The van der Waals surface area contributed by atoms with Crippen LogP contribution in [-0.4, -0.2) is 9.38 Å². The van der Waals surface area contributed by atoms with Gasteiger partial charge in [0.15, 0.2) is 5.65 Å². The smallest absolute Gasteiger partial charge is 0.152 e. The molecule has 0 aliphatic heterocycles. The molecule has 0 fully saturated rings. The van der Waals surface area contributed by atoms with Gasteiger partial charge in [-0.3, -0.25) is 0 Å². The van der Waals surface area contributed by atoms with E-state index in [0.717, 1.165) is 9.22 Å². The number of fused-ring (bicyclic) bond motifs is 1. The Morgan fingerprint density at radius 2 is 2.36 bits per heavy atom. The molecule has 0 atom stereocenters. The zero-order valence-electron chi connectivity index (χ0n) is 5.66. The van der Waals surface area contributed by atoms with Gasteiger partial charge in [-0.2, -0.15) is 0 Å². The van der Waals surface area contributed by atoms with Gasteiger partial charge in [-0.05, 0) is 34.7 Å². The molecule has 2 heterocycles. The van der Waals surface area contributed by atoms with Gasteiger partial charge in [0, 0.05) is 6.20 Å². The molecule has 0 unspecified atom stereocenters. The fourth-order valence-corrected chi connectivity index (χ4v) is 1.60. The predicted octanol–water partition coefficient (Wildman–Crippen LogP) is 1.52. The molecular formula is C7H6IN3. The second-order valence-electron chi connectivity index (χ2n) is 2.25. The van der Waals surface area contributed by atoms with Crippen LogP contribution in [0.5, 0.6) is 0 Å². The molecule has 2 aromatic heterocycles. The van der Waals surface area contributed by atoms with Crippen LogP contribution in [0.3, 0.4) is 0 Å². The quantitative estimate of drug-likeness (QED) is 0.729. The van der Waals surface area contributed by atoms with Crippen molar-refractivity contribution in [2.24, 2.45) is 0 Å². The number of rotatable bonds is 0. The van der Waals surface area contributed by atoms with Crippen LogP contribution in [0.25, 0.3) is 5.65 Å². The van der Waals surface area contributed by atoms with Crippen molar-refractivity contribution >= 4 is 34.1 Å². The molecule has 2 rings (SSSR count). The Bertz CT molecular complexity index is 393. The van der Waals surface area contributed by atoms with E-state index in [0.29, 0.717) is 5.82 Å². The first-order chi connectivity index (χ1) is 5.27. The molecule has 0 spiro atoms. The second kappa shape index (κ2) is 2.37. The Kier molecular flexibility index (Phi) is 1.49. The third-order valence-electron chi connectivity index (χ3n) is 1.45. The molecule has 0 saturated heterocycles. The van der Waals surface area contributed by atoms with Crippen molar-refractivity contribution in [3.05, 3.63) is 28.1 Å². The van der Waals surface area contributed by atoms with E-state index in [2.05, 4.69) is 27.6 Å². The van der Waals surface area contributed by atoms with Crippen LogP contribution in [0.1, 0.15) is 0 Å². The number of aromatic nitrogens is 2. The van der Waals surface area contributed by atoms with E-state index in [1.54, 1.807) is 6.20 Å². The lowest BCUT2D eigenvalue weighted by molar-refractivity contribution is 1.18. The average Bonchev–Trinajstić information content (AvgIpc) is 2.31. The van der Waals surface area contributed by atoms with Crippen molar-refractivity contribution in [2.75, 3.05) is 5.73 Å². The van der Waals surface area contributed by atoms with E-state index in [1.165, 1.54) is 0 Å². The van der Waals surface area contributed by atoms with Crippen LogP contribution >= 0.6 is 22.6 Å². The predicted molar refractivity (Wildman–Crippen MR) is 52.3 cm³/mol. The fourth-order valence-electron chi connectivity index (χ4n) is 0.998. The summed E-state index contributed by atoms with van der Waals surface area (Å²) in [6.45, 7) is 0. The van der Waals surface area contributed by atoms with E-state index in [-0.39, 0.29) is 0 Å². The Labute approximate surface area is 77.4 Å². The number of hydrogen-bond acceptors (Lipinski definition) is 2. The van der Waals surface area contributed by atoms with E-state index in [1.807, 2.05) is 22.7 Å². The van der Waals surface area contributed by atoms with Crippen molar-refractivity contribution in [1.29, 1.82) is 0 Å². The molecular weight excluding hydrogens is 253 g/mol. The third kappa shape index (κ3) is 1.07. The van der Waals surface area contributed by atoms with Crippen LogP contribution in [0.4, 0.5) is 5.82 Å². The molecule has 0 saturated carbocycles. The van der Waals surface area contributed by atoms with Gasteiger partial charge in [-0.25, -0.2) is 4.98 Å². The third-order valence-corrected chi connectivity index (χ3v) is 2.30. The highest BCUT2D eigenvalue weighted by Gasteiger charge is 1.99. The normalized spacial score (nSPS) is 10.6. The summed E-state index contributed by atoms with van der Waals surface area (Å²) in [4.78, 5) is 4.15. The summed E-state index contributed by atoms with van der Waals surface area (Å²) in [5.41, 5.74) is 6.45.